The van der Waals surface area contributed by atoms with E-state index in [1.807, 2.05) is 54.3 Å². The quantitative estimate of drug-likeness (QED) is 0.596. The van der Waals surface area contributed by atoms with E-state index >= 15 is 0 Å². The Labute approximate surface area is 170 Å². The summed E-state index contributed by atoms with van der Waals surface area (Å²) in [5, 5.41) is 4.05. The van der Waals surface area contributed by atoms with Gasteiger partial charge < -0.3 is 14.2 Å². The predicted molar refractivity (Wildman–Crippen MR) is 109 cm³/mol. The molecule has 29 heavy (non-hydrogen) atoms. The van der Waals surface area contributed by atoms with Gasteiger partial charge in [-0.1, -0.05) is 35.5 Å². The van der Waals surface area contributed by atoms with E-state index in [0.29, 0.717) is 31.2 Å². The highest BCUT2D eigenvalue weighted by Gasteiger charge is 2.29. The average molecular weight is 391 g/mol. The summed E-state index contributed by atoms with van der Waals surface area (Å²) in [5.41, 5.74) is 2.06. The molecular weight excluding hydrogens is 366 g/mol. The van der Waals surface area contributed by atoms with Crippen LogP contribution in [0.15, 0.2) is 59.1 Å². The lowest BCUT2D eigenvalue weighted by Gasteiger charge is -2.25. The Kier molecular flexibility index (Phi) is 5.89. The van der Waals surface area contributed by atoms with Gasteiger partial charge in [-0.25, -0.2) is 0 Å². The van der Waals surface area contributed by atoms with Crippen LogP contribution in [0.1, 0.15) is 43.7 Å². The fourth-order valence-electron chi connectivity index (χ4n) is 3.79. The molecule has 1 saturated heterocycles. The second-order valence-electron chi connectivity index (χ2n) is 7.12. The van der Waals surface area contributed by atoms with Crippen LogP contribution in [0.4, 0.5) is 0 Å². The summed E-state index contributed by atoms with van der Waals surface area (Å²) in [6.45, 7) is 3.38. The normalized spacial score (nSPS) is 16.2. The highest BCUT2D eigenvalue weighted by atomic mass is 16.5. The first-order valence-electron chi connectivity index (χ1n) is 10.1. The number of carbonyl (C=O) groups excluding carboxylic acids is 1. The molecule has 150 valence electrons. The number of hydrogen-bond acceptors (Lipinski definition) is 5. The van der Waals surface area contributed by atoms with E-state index < -0.39 is 0 Å². The summed E-state index contributed by atoms with van der Waals surface area (Å²) < 4.78 is 10.8. The van der Waals surface area contributed by atoms with Gasteiger partial charge >= 0.3 is 0 Å². The molecule has 3 aromatic rings. The summed E-state index contributed by atoms with van der Waals surface area (Å²) in [6.07, 6.45) is 2.86. The number of hydrogen-bond donors (Lipinski definition) is 0. The van der Waals surface area contributed by atoms with Crippen molar-refractivity contribution in [2.75, 3.05) is 13.2 Å². The number of amides is 1. The first kappa shape index (κ1) is 19.2. The van der Waals surface area contributed by atoms with Gasteiger partial charge in [0, 0.05) is 24.9 Å². The number of rotatable bonds is 7. The van der Waals surface area contributed by atoms with Crippen molar-refractivity contribution >= 4 is 5.91 Å². The van der Waals surface area contributed by atoms with Crippen LogP contribution < -0.4 is 4.74 Å². The zero-order chi connectivity index (χ0) is 20.1. The predicted octanol–water partition coefficient (Wildman–Crippen LogP) is 4.43. The second kappa shape index (κ2) is 8.90. The van der Waals surface area contributed by atoms with Gasteiger partial charge in [0.05, 0.1) is 12.6 Å². The lowest BCUT2D eigenvalue weighted by molar-refractivity contribution is -0.132. The molecule has 2 aromatic carbocycles. The van der Waals surface area contributed by atoms with E-state index in [0.717, 1.165) is 30.7 Å². The average Bonchev–Trinajstić information content (AvgIpc) is 3.43. The summed E-state index contributed by atoms with van der Waals surface area (Å²) >= 11 is 0. The number of aryl methyl sites for hydroxylation is 1. The number of likely N-dealkylation sites (tertiary alicyclic amines) is 1. The number of ether oxygens (including phenoxy) is 1. The number of benzene rings is 2. The van der Waals surface area contributed by atoms with Crippen LogP contribution in [0, 0.1) is 0 Å². The SMILES string of the molecule is CCOc1ccc(-c2noc(CCC(=O)N3CCCC3c3ccccc3)n2)cc1. The monoisotopic (exact) mass is 391 g/mol. The van der Waals surface area contributed by atoms with Gasteiger partial charge in [-0.15, -0.1) is 0 Å². The Balaban J connectivity index is 1.36. The molecule has 0 saturated carbocycles. The molecule has 1 amide bonds. The first-order chi connectivity index (χ1) is 14.2. The third-order valence-electron chi connectivity index (χ3n) is 5.20. The lowest BCUT2D eigenvalue weighted by Crippen LogP contribution is -2.30. The van der Waals surface area contributed by atoms with Gasteiger partial charge in [0.1, 0.15) is 5.75 Å². The summed E-state index contributed by atoms with van der Waals surface area (Å²) in [6, 6.07) is 18.0. The van der Waals surface area contributed by atoms with Crippen molar-refractivity contribution in [3.05, 3.63) is 66.1 Å². The van der Waals surface area contributed by atoms with Crippen molar-refractivity contribution in [1.82, 2.24) is 15.0 Å². The molecule has 4 rings (SSSR count). The molecule has 6 nitrogen and oxygen atoms in total. The van der Waals surface area contributed by atoms with Crippen LogP contribution in [0.3, 0.4) is 0 Å². The lowest BCUT2D eigenvalue weighted by atomic mass is 10.0. The van der Waals surface area contributed by atoms with Crippen LogP contribution in [0.2, 0.25) is 0 Å². The van der Waals surface area contributed by atoms with E-state index in [2.05, 4.69) is 22.3 Å². The maximum atomic E-state index is 12.8. The summed E-state index contributed by atoms with van der Waals surface area (Å²) in [5.74, 6) is 1.96. The molecule has 1 aliphatic rings. The fourth-order valence-corrected chi connectivity index (χ4v) is 3.79. The standard InChI is InChI=1S/C23H25N3O3/c1-2-28-19-12-10-18(11-13-19)23-24-21(29-25-23)14-15-22(27)26-16-6-9-20(26)17-7-4-3-5-8-17/h3-5,7-8,10-13,20H,2,6,9,14-16H2,1H3. The minimum absolute atomic E-state index is 0.136. The number of carbonyl (C=O) groups is 1. The molecule has 0 aliphatic carbocycles. The molecule has 1 aromatic heterocycles. The third kappa shape index (κ3) is 4.47. The van der Waals surface area contributed by atoms with Crippen molar-refractivity contribution in [2.24, 2.45) is 0 Å². The van der Waals surface area contributed by atoms with E-state index in [1.165, 1.54) is 5.56 Å². The van der Waals surface area contributed by atoms with Gasteiger partial charge in [-0.05, 0) is 49.6 Å². The van der Waals surface area contributed by atoms with Crippen LogP contribution in [-0.2, 0) is 11.2 Å². The molecule has 1 aliphatic heterocycles. The van der Waals surface area contributed by atoms with Crippen LogP contribution in [-0.4, -0.2) is 34.1 Å². The van der Waals surface area contributed by atoms with Gasteiger partial charge in [-0.3, -0.25) is 4.79 Å². The van der Waals surface area contributed by atoms with E-state index in [4.69, 9.17) is 9.26 Å². The number of nitrogens with zero attached hydrogens (tertiary/aromatic N) is 3. The van der Waals surface area contributed by atoms with Crippen LogP contribution in [0.25, 0.3) is 11.4 Å². The zero-order valence-electron chi connectivity index (χ0n) is 16.6. The molecule has 0 radical (unpaired) electrons. The molecule has 6 heteroatoms. The van der Waals surface area contributed by atoms with Gasteiger partial charge in [0.15, 0.2) is 0 Å². The van der Waals surface area contributed by atoms with E-state index in [-0.39, 0.29) is 11.9 Å². The van der Waals surface area contributed by atoms with Crippen molar-refractivity contribution in [2.45, 2.75) is 38.6 Å². The highest BCUT2D eigenvalue weighted by molar-refractivity contribution is 5.77. The third-order valence-corrected chi connectivity index (χ3v) is 5.20. The molecule has 1 fully saturated rings. The molecule has 2 heterocycles. The van der Waals surface area contributed by atoms with Crippen LogP contribution in [0.5, 0.6) is 5.75 Å². The molecule has 1 atom stereocenters. The Hall–Kier alpha value is -3.15. The maximum absolute atomic E-state index is 12.8. The summed E-state index contributed by atoms with van der Waals surface area (Å²) in [4.78, 5) is 19.2. The second-order valence-corrected chi connectivity index (χ2v) is 7.12. The van der Waals surface area contributed by atoms with Crippen molar-refractivity contribution in [3.63, 3.8) is 0 Å². The Bertz CT molecular complexity index is 938. The van der Waals surface area contributed by atoms with Gasteiger partial charge in [0.25, 0.3) is 0 Å². The summed E-state index contributed by atoms with van der Waals surface area (Å²) in [7, 11) is 0. The van der Waals surface area contributed by atoms with Gasteiger partial charge in [-0.2, -0.15) is 4.98 Å². The molecule has 0 bridgehead atoms. The highest BCUT2D eigenvalue weighted by Crippen LogP contribution is 2.32. The molecular formula is C23H25N3O3. The molecule has 0 N–H and O–H groups in total. The van der Waals surface area contributed by atoms with Gasteiger partial charge in [0.2, 0.25) is 17.6 Å². The Morgan fingerprint density at radius 2 is 1.97 bits per heavy atom. The minimum Gasteiger partial charge on any atom is -0.494 e. The van der Waals surface area contributed by atoms with Crippen molar-refractivity contribution in [1.29, 1.82) is 0 Å². The maximum Gasteiger partial charge on any atom is 0.227 e. The Morgan fingerprint density at radius 1 is 1.17 bits per heavy atom. The van der Waals surface area contributed by atoms with Crippen molar-refractivity contribution < 1.29 is 14.1 Å². The number of aromatic nitrogens is 2. The molecule has 1 unspecified atom stereocenters. The largest absolute Gasteiger partial charge is 0.494 e. The van der Waals surface area contributed by atoms with Crippen LogP contribution >= 0.6 is 0 Å². The topological polar surface area (TPSA) is 68.5 Å². The Morgan fingerprint density at radius 3 is 2.72 bits per heavy atom. The van der Waals surface area contributed by atoms with Crippen molar-refractivity contribution in [3.8, 4) is 17.1 Å². The van der Waals surface area contributed by atoms with E-state index in [1.54, 1.807) is 0 Å². The molecule has 0 spiro atoms. The first-order valence-corrected chi connectivity index (χ1v) is 10.1. The smallest absolute Gasteiger partial charge is 0.227 e. The fraction of sp³-hybridized carbons (Fsp3) is 0.348. The zero-order valence-corrected chi connectivity index (χ0v) is 16.6. The van der Waals surface area contributed by atoms with E-state index in [9.17, 15) is 4.79 Å². The minimum atomic E-state index is 0.136.